The molecule has 0 bridgehead atoms. The van der Waals surface area contributed by atoms with Crippen molar-refractivity contribution in [3.63, 3.8) is 0 Å². The Morgan fingerprint density at radius 2 is 1.95 bits per heavy atom. The Balaban J connectivity index is 1.65. The second-order valence-corrected chi connectivity index (χ2v) is 7.76. The Kier molecular flexibility index (Phi) is 4.77. The first-order chi connectivity index (χ1) is 10.7. The average molecular weight is 380 g/mol. The quantitative estimate of drug-likeness (QED) is 0.811. The van der Waals surface area contributed by atoms with E-state index in [9.17, 15) is 4.39 Å². The Labute approximate surface area is 141 Å². The SMILES string of the molecule is N#Cc1c(F)cccc1N1CCN(Cc2ccc(Br)s2)CC1. The number of rotatable bonds is 3. The normalized spacial score (nSPS) is 15.8. The fourth-order valence-electron chi connectivity index (χ4n) is 2.69. The summed E-state index contributed by atoms with van der Waals surface area (Å²) in [5, 5.41) is 9.15. The molecule has 0 N–H and O–H groups in total. The van der Waals surface area contributed by atoms with E-state index in [0.29, 0.717) is 5.69 Å². The highest BCUT2D eigenvalue weighted by Crippen LogP contribution is 2.26. The van der Waals surface area contributed by atoms with Crippen LogP contribution in [-0.2, 0) is 6.54 Å². The summed E-state index contributed by atoms with van der Waals surface area (Å²) >= 11 is 5.24. The second-order valence-electron chi connectivity index (χ2n) is 5.21. The van der Waals surface area contributed by atoms with Gasteiger partial charge >= 0.3 is 0 Å². The maximum Gasteiger partial charge on any atom is 0.143 e. The number of piperazine rings is 1. The number of nitriles is 1. The number of anilines is 1. The summed E-state index contributed by atoms with van der Waals surface area (Å²) in [6.45, 7) is 4.39. The first-order valence-electron chi connectivity index (χ1n) is 7.07. The van der Waals surface area contributed by atoms with Crippen LogP contribution in [0.5, 0.6) is 0 Å². The molecule has 1 aromatic carbocycles. The van der Waals surface area contributed by atoms with E-state index in [-0.39, 0.29) is 5.56 Å². The molecule has 1 fully saturated rings. The van der Waals surface area contributed by atoms with Crippen LogP contribution < -0.4 is 4.90 Å². The van der Waals surface area contributed by atoms with E-state index >= 15 is 0 Å². The van der Waals surface area contributed by atoms with Crippen LogP contribution >= 0.6 is 27.3 Å². The van der Waals surface area contributed by atoms with Gasteiger partial charge in [0.05, 0.1) is 9.47 Å². The second kappa shape index (κ2) is 6.78. The van der Waals surface area contributed by atoms with Crippen LogP contribution in [0, 0.1) is 17.1 Å². The van der Waals surface area contributed by atoms with Gasteiger partial charge in [0, 0.05) is 37.6 Å². The van der Waals surface area contributed by atoms with E-state index in [1.807, 2.05) is 12.1 Å². The zero-order valence-electron chi connectivity index (χ0n) is 11.9. The van der Waals surface area contributed by atoms with E-state index in [1.165, 1.54) is 10.9 Å². The average Bonchev–Trinajstić information content (AvgIpc) is 2.93. The predicted octanol–water partition coefficient (Wildman–Crippen LogP) is 3.84. The Morgan fingerprint density at radius 1 is 1.18 bits per heavy atom. The summed E-state index contributed by atoms with van der Waals surface area (Å²) in [5.41, 5.74) is 0.860. The molecule has 0 amide bonds. The molecule has 3 rings (SSSR count). The van der Waals surface area contributed by atoms with Gasteiger partial charge in [-0.25, -0.2) is 4.39 Å². The third-order valence-corrected chi connectivity index (χ3v) is 5.43. The van der Waals surface area contributed by atoms with Crippen LogP contribution in [0.3, 0.4) is 0 Å². The number of halogens is 2. The van der Waals surface area contributed by atoms with Crippen LogP contribution in [0.25, 0.3) is 0 Å². The van der Waals surface area contributed by atoms with Crippen molar-refractivity contribution in [2.45, 2.75) is 6.54 Å². The molecule has 3 nitrogen and oxygen atoms in total. The zero-order chi connectivity index (χ0) is 15.5. The Bertz CT molecular complexity index is 702. The monoisotopic (exact) mass is 379 g/mol. The molecular formula is C16H15BrFN3S. The van der Waals surface area contributed by atoms with E-state index < -0.39 is 5.82 Å². The lowest BCUT2D eigenvalue weighted by Gasteiger charge is -2.36. The first kappa shape index (κ1) is 15.5. The molecule has 1 aliphatic heterocycles. The van der Waals surface area contributed by atoms with Gasteiger partial charge in [-0.15, -0.1) is 11.3 Å². The molecular weight excluding hydrogens is 365 g/mol. The van der Waals surface area contributed by atoms with Crippen LogP contribution in [-0.4, -0.2) is 31.1 Å². The molecule has 2 aromatic rings. The van der Waals surface area contributed by atoms with E-state index in [2.05, 4.69) is 37.9 Å². The minimum atomic E-state index is -0.439. The summed E-state index contributed by atoms with van der Waals surface area (Å²) in [7, 11) is 0. The maximum atomic E-state index is 13.7. The molecule has 6 heteroatoms. The van der Waals surface area contributed by atoms with Crippen LogP contribution in [0.2, 0.25) is 0 Å². The van der Waals surface area contributed by atoms with Crippen LogP contribution in [0.4, 0.5) is 10.1 Å². The molecule has 0 radical (unpaired) electrons. The van der Waals surface area contributed by atoms with Gasteiger partial charge in [0.15, 0.2) is 0 Å². The fourth-order valence-corrected chi connectivity index (χ4v) is 4.22. The third kappa shape index (κ3) is 3.32. The van der Waals surface area contributed by atoms with Gasteiger partial charge in [0.1, 0.15) is 17.4 Å². The molecule has 22 heavy (non-hydrogen) atoms. The summed E-state index contributed by atoms with van der Waals surface area (Å²) in [4.78, 5) is 5.83. The molecule has 0 saturated carbocycles. The van der Waals surface area contributed by atoms with Crippen molar-refractivity contribution in [1.29, 1.82) is 5.26 Å². The minimum Gasteiger partial charge on any atom is -0.368 e. The van der Waals surface area contributed by atoms with Gasteiger partial charge in [-0.1, -0.05) is 6.07 Å². The number of hydrogen-bond donors (Lipinski definition) is 0. The number of thiophene rings is 1. The number of benzene rings is 1. The summed E-state index contributed by atoms with van der Waals surface area (Å²) < 4.78 is 14.9. The van der Waals surface area contributed by atoms with Crippen LogP contribution in [0.15, 0.2) is 34.1 Å². The van der Waals surface area contributed by atoms with Gasteiger partial charge in [-0.3, -0.25) is 4.90 Å². The number of nitrogens with zero attached hydrogens (tertiary/aromatic N) is 3. The highest BCUT2D eigenvalue weighted by molar-refractivity contribution is 9.11. The lowest BCUT2D eigenvalue weighted by atomic mass is 10.1. The van der Waals surface area contributed by atoms with Crippen molar-refractivity contribution in [2.75, 3.05) is 31.1 Å². The largest absolute Gasteiger partial charge is 0.368 e. The first-order valence-corrected chi connectivity index (χ1v) is 8.68. The Morgan fingerprint density at radius 3 is 2.59 bits per heavy atom. The number of hydrogen-bond acceptors (Lipinski definition) is 4. The van der Waals surface area contributed by atoms with E-state index in [1.54, 1.807) is 17.4 Å². The molecule has 114 valence electrons. The molecule has 1 aromatic heterocycles. The smallest absolute Gasteiger partial charge is 0.143 e. The third-order valence-electron chi connectivity index (χ3n) is 3.82. The molecule has 0 unspecified atom stereocenters. The van der Waals surface area contributed by atoms with Crippen molar-refractivity contribution in [1.82, 2.24) is 4.90 Å². The van der Waals surface area contributed by atoms with Crippen molar-refractivity contribution >= 4 is 33.0 Å². The topological polar surface area (TPSA) is 30.3 Å². The van der Waals surface area contributed by atoms with Crippen LogP contribution in [0.1, 0.15) is 10.4 Å². The van der Waals surface area contributed by atoms with Gasteiger partial charge in [-0.05, 0) is 40.2 Å². The van der Waals surface area contributed by atoms with Gasteiger partial charge in [-0.2, -0.15) is 5.26 Å². The lowest BCUT2D eigenvalue weighted by Crippen LogP contribution is -2.46. The van der Waals surface area contributed by atoms with Crippen molar-refractivity contribution in [2.24, 2.45) is 0 Å². The predicted molar refractivity (Wildman–Crippen MR) is 90.6 cm³/mol. The van der Waals surface area contributed by atoms with Crippen molar-refractivity contribution < 1.29 is 4.39 Å². The maximum absolute atomic E-state index is 13.7. The summed E-state index contributed by atoms with van der Waals surface area (Å²) in [6.07, 6.45) is 0. The Hall–Kier alpha value is -1.42. The summed E-state index contributed by atoms with van der Waals surface area (Å²) in [6, 6.07) is 11.0. The van der Waals surface area contributed by atoms with Gasteiger partial charge in [0.25, 0.3) is 0 Å². The minimum absolute atomic E-state index is 0.151. The molecule has 1 aliphatic rings. The molecule has 0 atom stereocenters. The van der Waals surface area contributed by atoms with Crippen molar-refractivity contribution in [3.05, 3.63) is 50.4 Å². The molecule has 0 aliphatic carbocycles. The van der Waals surface area contributed by atoms with Gasteiger partial charge in [0.2, 0.25) is 0 Å². The lowest BCUT2D eigenvalue weighted by molar-refractivity contribution is 0.252. The molecule has 2 heterocycles. The fraction of sp³-hybridized carbons (Fsp3) is 0.312. The standard InChI is InChI=1S/C16H15BrFN3S/c17-16-5-4-12(22-16)11-20-6-8-21(9-7-20)15-3-1-2-14(18)13(15)10-19/h1-5H,6-9,11H2. The highest BCUT2D eigenvalue weighted by Gasteiger charge is 2.21. The molecule has 1 saturated heterocycles. The van der Waals surface area contributed by atoms with Crippen molar-refractivity contribution in [3.8, 4) is 6.07 Å². The summed E-state index contributed by atoms with van der Waals surface area (Å²) in [5.74, 6) is -0.439. The molecule has 0 spiro atoms. The zero-order valence-corrected chi connectivity index (χ0v) is 14.3. The van der Waals surface area contributed by atoms with E-state index in [4.69, 9.17) is 5.26 Å². The van der Waals surface area contributed by atoms with Gasteiger partial charge < -0.3 is 4.90 Å². The van der Waals surface area contributed by atoms with E-state index in [0.717, 1.165) is 36.5 Å². The highest BCUT2D eigenvalue weighted by atomic mass is 79.9.